The Morgan fingerprint density at radius 2 is 1.95 bits per heavy atom. The Labute approximate surface area is 116 Å². The second kappa shape index (κ2) is 6.31. The number of primary amides is 1. The van der Waals surface area contributed by atoms with Crippen LogP contribution in [0.25, 0.3) is 0 Å². The zero-order valence-corrected chi connectivity index (χ0v) is 10.3. The van der Waals surface area contributed by atoms with Gasteiger partial charge in [0.1, 0.15) is 11.8 Å². The minimum absolute atomic E-state index is 0.0825. The third kappa shape index (κ3) is 5.18. The molecule has 0 aliphatic carbocycles. The fourth-order valence-corrected chi connectivity index (χ4v) is 1.41. The second-order valence-corrected chi connectivity index (χ2v) is 3.88. The highest BCUT2D eigenvalue weighted by Crippen LogP contribution is 2.25. The molecule has 7 nitrogen and oxygen atoms in total. The average molecular weight is 308 g/mol. The molecule has 0 radical (unpaired) electrons. The van der Waals surface area contributed by atoms with Crippen molar-refractivity contribution in [3.05, 3.63) is 24.3 Å². The van der Waals surface area contributed by atoms with E-state index >= 15 is 0 Å². The molecular formula is C11H11F3N2O5. The number of halogens is 3. The summed E-state index contributed by atoms with van der Waals surface area (Å²) in [7, 11) is 0. The van der Waals surface area contributed by atoms with Gasteiger partial charge in [-0.15, -0.1) is 13.2 Å². The Hall–Kier alpha value is -2.49. The highest BCUT2D eigenvalue weighted by atomic mass is 19.4. The first-order valence-corrected chi connectivity index (χ1v) is 5.42. The number of benzene rings is 1. The van der Waals surface area contributed by atoms with Crippen LogP contribution in [-0.2, 0) is 9.59 Å². The maximum absolute atomic E-state index is 12.1. The van der Waals surface area contributed by atoms with E-state index in [1.807, 2.05) is 0 Å². The number of rotatable bonds is 6. The summed E-state index contributed by atoms with van der Waals surface area (Å²) in [5.74, 6) is -3.48. The molecule has 0 aromatic heterocycles. The number of aliphatic hydroxyl groups excluding tert-OH is 1. The molecule has 0 aliphatic rings. The van der Waals surface area contributed by atoms with Crippen LogP contribution >= 0.6 is 0 Å². The number of carboxylic acid groups (broad SMARTS) is 1. The predicted octanol–water partition coefficient (Wildman–Crippen LogP) is 0.296. The largest absolute Gasteiger partial charge is 0.573 e. The first kappa shape index (κ1) is 16.6. The van der Waals surface area contributed by atoms with Crippen molar-refractivity contribution in [1.82, 2.24) is 0 Å². The number of carbonyl (C=O) groups excluding carboxylic acids is 1. The Morgan fingerprint density at radius 3 is 2.43 bits per heavy atom. The molecule has 0 saturated carbocycles. The molecule has 5 N–H and O–H groups in total. The monoisotopic (exact) mass is 308 g/mol. The summed E-state index contributed by atoms with van der Waals surface area (Å²) < 4.78 is 39.8. The van der Waals surface area contributed by atoms with Crippen molar-refractivity contribution in [1.29, 1.82) is 0 Å². The van der Waals surface area contributed by atoms with Gasteiger partial charge in [0.2, 0.25) is 5.91 Å². The van der Waals surface area contributed by atoms with Gasteiger partial charge in [-0.25, -0.2) is 4.79 Å². The van der Waals surface area contributed by atoms with Crippen molar-refractivity contribution in [3.8, 4) is 5.75 Å². The van der Waals surface area contributed by atoms with Crippen molar-refractivity contribution in [2.45, 2.75) is 18.5 Å². The van der Waals surface area contributed by atoms with E-state index in [0.29, 0.717) is 0 Å². The molecule has 1 aromatic carbocycles. The predicted molar refractivity (Wildman–Crippen MR) is 63.4 cm³/mol. The van der Waals surface area contributed by atoms with E-state index < -0.39 is 36.1 Å². The number of alkyl halides is 3. The number of amides is 1. The Morgan fingerprint density at radius 1 is 1.33 bits per heavy atom. The van der Waals surface area contributed by atoms with Gasteiger partial charge < -0.3 is 26.0 Å². The van der Waals surface area contributed by atoms with Crippen molar-refractivity contribution >= 4 is 17.6 Å². The SMILES string of the molecule is NC(=O)[C@@H](Nc1cccc(OC(F)(F)F)c1)C(O)C(=O)O. The van der Waals surface area contributed by atoms with Crippen LogP contribution in [0.1, 0.15) is 0 Å². The molecule has 0 spiro atoms. The lowest BCUT2D eigenvalue weighted by Crippen LogP contribution is -2.48. The normalized spacial score (nSPS) is 14.1. The maximum atomic E-state index is 12.1. The molecule has 1 aromatic rings. The Balaban J connectivity index is 2.92. The molecule has 0 fully saturated rings. The number of aliphatic hydroxyl groups is 1. The number of carboxylic acids is 1. The van der Waals surface area contributed by atoms with Gasteiger partial charge in [-0.2, -0.15) is 0 Å². The summed E-state index contributed by atoms with van der Waals surface area (Å²) in [5, 5.41) is 20.1. The van der Waals surface area contributed by atoms with Crippen LogP contribution in [0, 0.1) is 0 Å². The molecular weight excluding hydrogens is 297 g/mol. The summed E-state index contributed by atoms with van der Waals surface area (Å²) in [5.41, 5.74) is 4.84. The van der Waals surface area contributed by atoms with Gasteiger partial charge >= 0.3 is 12.3 Å². The molecule has 10 heteroatoms. The first-order chi connectivity index (χ1) is 9.60. The van der Waals surface area contributed by atoms with Gasteiger partial charge in [-0.05, 0) is 12.1 Å². The third-order valence-electron chi connectivity index (χ3n) is 2.27. The third-order valence-corrected chi connectivity index (χ3v) is 2.27. The van der Waals surface area contributed by atoms with Crippen molar-refractivity contribution in [3.63, 3.8) is 0 Å². The van der Waals surface area contributed by atoms with E-state index in [-0.39, 0.29) is 5.69 Å². The zero-order valence-electron chi connectivity index (χ0n) is 10.3. The van der Waals surface area contributed by atoms with Crippen LogP contribution in [0.2, 0.25) is 0 Å². The van der Waals surface area contributed by atoms with Crippen molar-refractivity contribution in [2.24, 2.45) is 5.73 Å². The summed E-state index contributed by atoms with van der Waals surface area (Å²) in [6.45, 7) is 0. The second-order valence-electron chi connectivity index (χ2n) is 3.88. The topological polar surface area (TPSA) is 122 Å². The number of aliphatic carboxylic acids is 1. The standard InChI is InChI=1S/C11H11F3N2O5/c12-11(13,14)21-6-3-1-2-5(4-6)16-7(9(15)18)8(17)10(19)20/h1-4,7-8,16-17H,(H2,15,18)(H,19,20)/t7-,8?/m0/s1. The highest BCUT2D eigenvalue weighted by molar-refractivity contribution is 5.90. The van der Waals surface area contributed by atoms with Gasteiger partial charge in [0.15, 0.2) is 6.10 Å². The highest BCUT2D eigenvalue weighted by Gasteiger charge is 2.32. The quantitative estimate of drug-likeness (QED) is 0.599. The fraction of sp³-hybridized carbons (Fsp3) is 0.273. The lowest BCUT2D eigenvalue weighted by atomic mass is 10.1. The number of carbonyl (C=O) groups is 2. The minimum Gasteiger partial charge on any atom is -0.479 e. The summed E-state index contributed by atoms with van der Waals surface area (Å²) in [6, 6.07) is 2.58. The molecule has 0 bridgehead atoms. The van der Waals surface area contributed by atoms with Crippen LogP contribution in [-0.4, -0.2) is 40.6 Å². The lowest BCUT2D eigenvalue weighted by molar-refractivity contribution is -0.274. The van der Waals surface area contributed by atoms with E-state index in [2.05, 4.69) is 10.1 Å². The van der Waals surface area contributed by atoms with Crippen LogP contribution in [0.4, 0.5) is 18.9 Å². The van der Waals surface area contributed by atoms with Crippen molar-refractivity contribution < 1.29 is 37.7 Å². The number of nitrogens with one attached hydrogen (secondary N) is 1. The number of hydrogen-bond acceptors (Lipinski definition) is 5. The molecule has 116 valence electrons. The van der Waals surface area contributed by atoms with E-state index in [0.717, 1.165) is 12.1 Å². The molecule has 0 heterocycles. The zero-order chi connectivity index (χ0) is 16.2. The van der Waals surface area contributed by atoms with Gasteiger partial charge in [0.05, 0.1) is 0 Å². The van der Waals surface area contributed by atoms with E-state index in [1.54, 1.807) is 0 Å². The summed E-state index contributed by atoms with van der Waals surface area (Å²) in [4.78, 5) is 21.7. The first-order valence-electron chi connectivity index (χ1n) is 5.42. The molecule has 0 aliphatic heterocycles. The lowest BCUT2D eigenvalue weighted by Gasteiger charge is -2.19. The number of ether oxygens (including phenoxy) is 1. The van der Waals surface area contributed by atoms with Crippen molar-refractivity contribution in [2.75, 3.05) is 5.32 Å². The summed E-state index contributed by atoms with van der Waals surface area (Å²) in [6.07, 6.45) is -7.06. The maximum Gasteiger partial charge on any atom is 0.573 e. The average Bonchev–Trinajstić information content (AvgIpc) is 2.33. The van der Waals surface area contributed by atoms with Gasteiger partial charge in [0.25, 0.3) is 0 Å². The Kier molecular flexibility index (Phi) is 4.97. The molecule has 1 amide bonds. The van der Waals surface area contributed by atoms with E-state index in [1.165, 1.54) is 12.1 Å². The number of anilines is 1. The molecule has 1 unspecified atom stereocenters. The van der Waals surface area contributed by atoms with E-state index in [9.17, 15) is 27.9 Å². The smallest absolute Gasteiger partial charge is 0.479 e. The van der Waals surface area contributed by atoms with Gasteiger partial charge in [-0.3, -0.25) is 4.79 Å². The minimum atomic E-state index is -4.90. The molecule has 21 heavy (non-hydrogen) atoms. The molecule has 2 atom stereocenters. The fourth-order valence-electron chi connectivity index (χ4n) is 1.41. The van der Waals surface area contributed by atoms with Crippen LogP contribution in [0.5, 0.6) is 5.75 Å². The van der Waals surface area contributed by atoms with Crippen LogP contribution < -0.4 is 15.8 Å². The Bertz CT molecular complexity index is 535. The van der Waals surface area contributed by atoms with Gasteiger partial charge in [0, 0.05) is 11.8 Å². The summed E-state index contributed by atoms with van der Waals surface area (Å²) >= 11 is 0. The molecule has 0 saturated heterocycles. The number of nitrogens with two attached hydrogens (primary N) is 1. The van der Waals surface area contributed by atoms with E-state index in [4.69, 9.17) is 10.8 Å². The number of hydrogen-bond donors (Lipinski definition) is 4. The molecule has 1 rings (SSSR count). The van der Waals surface area contributed by atoms with Crippen LogP contribution in [0.3, 0.4) is 0 Å². The van der Waals surface area contributed by atoms with Gasteiger partial charge in [-0.1, -0.05) is 6.07 Å². The van der Waals surface area contributed by atoms with Crippen LogP contribution in [0.15, 0.2) is 24.3 Å².